The van der Waals surface area contributed by atoms with Gasteiger partial charge in [0.15, 0.2) is 0 Å². The second-order valence-electron chi connectivity index (χ2n) is 7.83. The molecule has 1 unspecified atom stereocenters. The summed E-state index contributed by atoms with van der Waals surface area (Å²) < 4.78 is 1.11. The molecule has 2 aromatic rings. The number of nitrogens with zero attached hydrogens (tertiary/aromatic N) is 1. The molecule has 2 aliphatic rings. The van der Waals surface area contributed by atoms with Crippen molar-refractivity contribution in [3.8, 4) is 0 Å². The van der Waals surface area contributed by atoms with Crippen molar-refractivity contribution in [2.45, 2.75) is 50.5 Å². The predicted octanol–water partition coefficient (Wildman–Crippen LogP) is 3.24. The van der Waals surface area contributed by atoms with Crippen molar-refractivity contribution in [2.75, 3.05) is 19.6 Å². The summed E-state index contributed by atoms with van der Waals surface area (Å²) in [6.07, 6.45) is 6.90. The Bertz CT molecular complexity index is 841. The van der Waals surface area contributed by atoms with Crippen LogP contribution in [0.5, 0.6) is 0 Å². The molecule has 5 nitrogen and oxygen atoms in total. The van der Waals surface area contributed by atoms with Crippen LogP contribution < -0.4 is 11.1 Å². The third-order valence-electron chi connectivity index (χ3n) is 5.88. The van der Waals surface area contributed by atoms with E-state index in [-0.39, 0.29) is 17.7 Å². The third kappa shape index (κ3) is 4.01. The fraction of sp³-hybridized carbons (Fsp3) is 0.524. The molecule has 144 valence electrons. The van der Waals surface area contributed by atoms with Crippen molar-refractivity contribution in [2.24, 2.45) is 5.73 Å². The molecule has 2 amide bonds. The fourth-order valence-electron chi connectivity index (χ4n) is 4.59. The molecule has 3 N–H and O–H groups in total. The monoisotopic (exact) mass is 385 g/mol. The van der Waals surface area contributed by atoms with E-state index in [1.165, 1.54) is 30.6 Å². The Morgan fingerprint density at radius 1 is 1.15 bits per heavy atom. The van der Waals surface area contributed by atoms with Gasteiger partial charge in [0.2, 0.25) is 5.91 Å². The minimum atomic E-state index is -0.348. The minimum absolute atomic E-state index is 0.132. The average Bonchev–Trinajstić information content (AvgIpc) is 3.26. The largest absolute Gasteiger partial charge is 0.365 e. The number of hydrogen-bond acceptors (Lipinski definition) is 4. The number of primary amides is 1. The van der Waals surface area contributed by atoms with Gasteiger partial charge in [-0.3, -0.25) is 14.5 Å². The summed E-state index contributed by atoms with van der Waals surface area (Å²) in [6, 6.07) is 8.47. The maximum absolute atomic E-state index is 12.4. The van der Waals surface area contributed by atoms with Crippen LogP contribution >= 0.6 is 11.3 Å². The van der Waals surface area contributed by atoms with Crippen LogP contribution in [-0.4, -0.2) is 42.4 Å². The highest BCUT2D eigenvalue weighted by Crippen LogP contribution is 2.39. The first-order chi connectivity index (χ1) is 13.1. The van der Waals surface area contributed by atoms with E-state index in [2.05, 4.69) is 16.3 Å². The lowest BCUT2D eigenvalue weighted by Crippen LogP contribution is -2.42. The molecular formula is C21H27N3O2S. The zero-order valence-electron chi connectivity index (χ0n) is 15.6. The Morgan fingerprint density at radius 2 is 1.93 bits per heavy atom. The molecule has 0 radical (unpaired) electrons. The number of rotatable bonds is 5. The number of hydrogen-bond donors (Lipinski definition) is 2. The molecule has 6 heteroatoms. The van der Waals surface area contributed by atoms with Gasteiger partial charge in [0.1, 0.15) is 0 Å². The first-order valence-corrected chi connectivity index (χ1v) is 10.8. The number of thiophene rings is 1. The number of carbonyl (C=O) groups is 2. The van der Waals surface area contributed by atoms with E-state index in [0.29, 0.717) is 17.5 Å². The van der Waals surface area contributed by atoms with Gasteiger partial charge >= 0.3 is 0 Å². The molecule has 1 saturated heterocycles. The van der Waals surface area contributed by atoms with Crippen molar-refractivity contribution < 1.29 is 9.59 Å². The zero-order chi connectivity index (χ0) is 18.8. The van der Waals surface area contributed by atoms with Gasteiger partial charge in [-0.25, -0.2) is 0 Å². The normalized spacial score (nSPS) is 21.6. The maximum atomic E-state index is 12.4. The molecule has 27 heavy (non-hydrogen) atoms. The third-order valence-corrected chi connectivity index (χ3v) is 7.08. The lowest BCUT2D eigenvalue weighted by molar-refractivity contribution is -0.122. The van der Waals surface area contributed by atoms with Crippen LogP contribution in [0.3, 0.4) is 0 Å². The maximum Gasteiger partial charge on any atom is 0.259 e. The number of likely N-dealkylation sites (tertiary alicyclic amines) is 1. The Kier molecular flexibility index (Phi) is 5.45. The van der Waals surface area contributed by atoms with Crippen LogP contribution in [0, 0.1) is 0 Å². The average molecular weight is 386 g/mol. The molecule has 1 aromatic heterocycles. The number of nitrogens with two attached hydrogens (primary N) is 1. The second-order valence-corrected chi connectivity index (χ2v) is 8.88. The molecule has 1 saturated carbocycles. The fourth-order valence-corrected chi connectivity index (χ4v) is 5.73. The lowest BCUT2D eigenvalue weighted by atomic mass is 9.95. The van der Waals surface area contributed by atoms with Crippen LogP contribution in [0.4, 0.5) is 0 Å². The number of nitrogens with one attached hydrogen (secondary N) is 1. The van der Waals surface area contributed by atoms with E-state index in [1.807, 2.05) is 18.2 Å². The van der Waals surface area contributed by atoms with Gasteiger partial charge < -0.3 is 11.1 Å². The van der Waals surface area contributed by atoms with Crippen LogP contribution in [0.2, 0.25) is 0 Å². The van der Waals surface area contributed by atoms with Crippen molar-refractivity contribution in [1.29, 1.82) is 0 Å². The SMILES string of the molecule is NC(=O)c1sc2ccccc2c1C1CCN(CC(=O)NC2CCCCC2)C1. The summed E-state index contributed by atoms with van der Waals surface area (Å²) in [5.41, 5.74) is 6.74. The summed E-state index contributed by atoms with van der Waals surface area (Å²) in [4.78, 5) is 27.3. The van der Waals surface area contributed by atoms with Gasteiger partial charge in [-0.05, 0) is 42.8 Å². The van der Waals surface area contributed by atoms with Crippen molar-refractivity contribution in [3.63, 3.8) is 0 Å². The second kappa shape index (κ2) is 7.98. The highest BCUT2D eigenvalue weighted by atomic mass is 32.1. The minimum Gasteiger partial charge on any atom is -0.365 e. The van der Waals surface area contributed by atoms with E-state index in [9.17, 15) is 9.59 Å². The van der Waals surface area contributed by atoms with Crippen LogP contribution in [0.1, 0.15) is 59.7 Å². The molecule has 2 heterocycles. The van der Waals surface area contributed by atoms with Gasteiger partial charge in [-0.2, -0.15) is 0 Å². The summed E-state index contributed by atoms with van der Waals surface area (Å²) in [6.45, 7) is 2.13. The first kappa shape index (κ1) is 18.4. The number of carbonyl (C=O) groups excluding carboxylic acids is 2. The summed E-state index contributed by atoms with van der Waals surface area (Å²) in [5, 5.41) is 4.34. The van der Waals surface area contributed by atoms with Crippen molar-refractivity contribution in [1.82, 2.24) is 10.2 Å². The van der Waals surface area contributed by atoms with Gasteiger partial charge in [0.25, 0.3) is 5.91 Å². The highest BCUT2D eigenvalue weighted by Gasteiger charge is 2.31. The molecule has 4 rings (SSSR count). The highest BCUT2D eigenvalue weighted by molar-refractivity contribution is 7.21. The standard InChI is InChI=1S/C21H27N3O2S/c22-21(26)20-19(16-8-4-5-9-17(16)27-20)14-10-11-24(12-14)13-18(25)23-15-6-2-1-3-7-15/h4-5,8-9,14-15H,1-3,6-7,10-13H2,(H2,22,26)(H,23,25). The van der Waals surface area contributed by atoms with Crippen LogP contribution in [-0.2, 0) is 4.79 Å². The topological polar surface area (TPSA) is 75.4 Å². The molecule has 1 aliphatic heterocycles. The van der Waals surface area contributed by atoms with E-state index >= 15 is 0 Å². The summed E-state index contributed by atoms with van der Waals surface area (Å²) in [5.74, 6) is 0.0404. The zero-order valence-corrected chi connectivity index (χ0v) is 16.4. The van der Waals surface area contributed by atoms with Gasteiger partial charge in [0, 0.05) is 23.2 Å². The Hall–Kier alpha value is -1.92. The quantitative estimate of drug-likeness (QED) is 0.830. The lowest BCUT2D eigenvalue weighted by Gasteiger charge is -2.24. The molecule has 2 fully saturated rings. The Morgan fingerprint density at radius 3 is 2.70 bits per heavy atom. The summed E-state index contributed by atoms with van der Waals surface area (Å²) in [7, 11) is 0. The molecular weight excluding hydrogens is 358 g/mol. The number of fused-ring (bicyclic) bond motifs is 1. The van der Waals surface area contributed by atoms with E-state index in [4.69, 9.17) is 5.73 Å². The predicted molar refractivity (Wildman–Crippen MR) is 109 cm³/mol. The molecule has 1 aromatic carbocycles. The van der Waals surface area contributed by atoms with Gasteiger partial charge in [0.05, 0.1) is 11.4 Å². The molecule has 1 atom stereocenters. The van der Waals surface area contributed by atoms with Gasteiger partial charge in [-0.15, -0.1) is 11.3 Å². The van der Waals surface area contributed by atoms with E-state index in [1.54, 1.807) is 0 Å². The van der Waals surface area contributed by atoms with Crippen molar-refractivity contribution >= 4 is 33.2 Å². The van der Waals surface area contributed by atoms with Crippen molar-refractivity contribution in [3.05, 3.63) is 34.7 Å². The van der Waals surface area contributed by atoms with E-state index in [0.717, 1.165) is 48.0 Å². The molecule has 0 spiro atoms. The number of benzene rings is 1. The van der Waals surface area contributed by atoms with E-state index < -0.39 is 0 Å². The van der Waals surface area contributed by atoms with Crippen LogP contribution in [0.15, 0.2) is 24.3 Å². The Balaban J connectivity index is 1.43. The smallest absolute Gasteiger partial charge is 0.259 e. The first-order valence-electron chi connectivity index (χ1n) is 9.95. The molecule has 0 bridgehead atoms. The molecule has 1 aliphatic carbocycles. The van der Waals surface area contributed by atoms with Gasteiger partial charge in [-0.1, -0.05) is 37.5 Å². The number of amides is 2. The van der Waals surface area contributed by atoms with Crippen LogP contribution in [0.25, 0.3) is 10.1 Å². The Labute approximate surface area is 163 Å². The summed E-state index contributed by atoms with van der Waals surface area (Å²) >= 11 is 1.48.